The summed E-state index contributed by atoms with van der Waals surface area (Å²) < 4.78 is 22.9. The molecule has 0 radical (unpaired) electrons. The summed E-state index contributed by atoms with van der Waals surface area (Å²) >= 11 is 0. The number of fused-ring (bicyclic) bond motifs is 1. The van der Waals surface area contributed by atoms with Crippen molar-refractivity contribution in [2.24, 2.45) is 0 Å². The lowest BCUT2D eigenvalue weighted by atomic mass is 10.00. The van der Waals surface area contributed by atoms with Gasteiger partial charge in [-0.3, -0.25) is 0 Å². The number of benzene rings is 3. The van der Waals surface area contributed by atoms with E-state index in [0.717, 1.165) is 21.9 Å². The van der Waals surface area contributed by atoms with E-state index in [9.17, 15) is 13.5 Å². The van der Waals surface area contributed by atoms with Crippen molar-refractivity contribution in [3.8, 4) is 5.75 Å². The van der Waals surface area contributed by atoms with E-state index in [4.69, 9.17) is 0 Å². The predicted molar refractivity (Wildman–Crippen MR) is 88.0 cm³/mol. The summed E-state index contributed by atoms with van der Waals surface area (Å²) in [5, 5.41) is 12.2. The van der Waals surface area contributed by atoms with E-state index in [1.807, 2.05) is 36.4 Å². The van der Waals surface area contributed by atoms with Crippen LogP contribution in [0.25, 0.3) is 10.8 Å². The Hall–Kier alpha value is -2.33. The number of sulfone groups is 1. The molecule has 3 rings (SSSR count). The van der Waals surface area contributed by atoms with Crippen LogP contribution in [0.5, 0.6) is 5.75 Å². The third-order valence-electron chi connectivity index (χ3n) is 3.73. The SMILES string of the molecule is CS(=O)(=O)c1ccc(Cc2ccc3ccccc3c2O)cc1. The fraction of sp³-hybridized carbons (Fsp3) is 0.111. The van der Waals surface area contributed by atoms with E-state index in [1.54, 1.807) is 24.3 Å². The molecule has 3 aromatic rings. The lowest BCUT2D eigenvalue weighted by Gasteiger charge is -2.08. The minimum absolute atomic E-state index is 0.283. The van der Waals surface area contributed by atoms with Crippen molar-refractivity contribution in [3.63, 3.8) is 0 Å². The largest absolute Gasteiger partial charge is 0.507 e. The molecule has 0 aliphatic heterocycles. The van der Waals surface area contributed by atoms with Gasteiger partial charge in [0.05, 0.1) is 4.90 Å². The molecule has 0 aliphatic carbocycles. The summed E-state index contributed by atoms with van der Waals surface area (Å²) in [6, 6.07) is 18.3. The van der Waals surface area contributed by atoms with Crippen LogP contribution < -0.4 is 0 Å². The van der Waals surface area contributed by atoms with Crippen molar-refractivity contribution < 1.29 is 13.5 Å². The third-order valence-corrected chi connectivity index (χ3v) is 4.86. The molecule has 22 heavy (non-hydrogen) atoms. The van der Waals surface area contributed by atoms with E-state index in [0.29, 0.717) is 11.3 Å². The van der Waals surface area contributed by atoms with Gasteiger partial charge in [-0.1, -0.05) is 48.5 Å². The minimum Gasteiger partial charge on any atom is -0.507 e. The summed E-state index contributed by atoms with van der Waals surface area (Å²) in [6.45, 7) is 0. The van der Waals surface area contributed by atoms with Crippen LogP contribution in [0.1, 0.15) is 11.1 Å². The van der Waals surface area contributed by atoms with Gasteiger partial charge in [0.25, 0.3) is 0 Å². The van der Waals surface area contributed by atoms with Crippen LogP contribution >= 0.6 is 0 Å². The van der Waals surface area contributed by atoms with E-state index in [1.165, 1.54) is 6.26 Å². The van der Waals surface area contributed by atoms with Crippen LogP contribution in [-0.4, -0.2) is 19.8 Å². The van der Waals surface area contributed by atoms with Crippen molar-refractivity contribution in [2.75, 3.05) is 6.26 Å². The van der Waals surface area contributed by atoms with Gasteiger partial charge in [-0.15, -0.1) is 0 Å². The quantitative estimate of drug-likeness (QED) is 0.805. The molecule has 3 nitrogen and oxygen atoms in total. The highest BCUT2D eigenvalue weighted by atomic mass is 32.2. The molecule has 0 bridgehead atoms. The molecule has 0 aliphatic rings. The van der Waals surface area contributed by atoms with Gasteiger partial charge < -0.3 is 5.11 Å². The van der Waals surface area contributed by atoms with Crippen LogP contribution in [0, 0.1) is 0 Å². The summed E-state index contributed by atoms with van der Waals surface area (Å²) in [5.41, 5.74) is 1.78. The highest BCUT2D eigenvalue weighted by Gasteiger charge is 2.09. The average Bonchev–Trinajstić information content (AvgIpc) is 2.50. The Labute approximate surface area is 129 Å². The van der Waals surface area contributed by atoms with Gasteiger partial charge in [-0.2, -0.15) is 0 Å². The third kappa shape index (κ3) is 2.83. The van der Waals surface area contributed by atoms with E-state index in [-0.39, 0.29) is 5.75 Å². The molecule has 0 spiro atoms. The summed E-state index contributed by atoms with van der Waals surface area (Å²) in [5.74, 6) is 0.283. The van der Waals surface area contributed by atoms with Crippen molar-refractivity contribution in [3.05, 3.63) is 71.8 Å². The molecule has 0 saturated carbocycles. The Morgan fingerprint density at radius 3 is 2.27 bits per heavy atom. The van der Waals surface area contributed by atoms with Gasteiger partial charge >= 0.3 is 0 Å². The van der Waals surface area contributed by atoms with Crippen LogP contribution in [-0.2, 0) is 16.3 Å². The number of hydrogen-bond donors (Lipinski definition) is 1. The zero-order valence-electron chi connectivity index (χ0n) is 12.2. The van der Waals surface area contributed by atoms with Crippen molar-refractivity contribution in [1.82, 2.24) is 0 Å². The maximum absolute atomic E-state index is 11.5. The molecule has 3 aromatic carbocycles. The van der Waals surface area contributed by atoms with Crippen LogP contribution in [0.2, 0.25) is 0 Å². The lowest BCUT2D eigenvalue weighted by molar-refractivity contribution is 0.476. The maximum atomic E-state index is 11.5. The molecule has 0 atom stereocenters. The maximum Gasteiger partial charge on any atom is 0.175 e. The standard InChI is InChI=1S/C18H16O3S/c1-22(20,21)16-10-6-13(7-11-16)12-15-9-8-14-4-2-3-5-17(14)18(15)19/h2-11,19H,12H2,1H3. The van der Waals surface area contributed by atoms with Crippen LogP contribution in [0.4, 0.5) is 0 Å². The summed E-state index contributed by atoms with van der Waals surface area (Å²) in [7, 11) is -3.18. The highest BCUT2D eigenvalue weighted by molar-refractivity contribution is 7.90. The smallest absolute Gasteiger partial charge is 0.175 e. The first-order chi connectivity index (χ1) is 10.4. The lowest BCUT2D eigenvalue weighted by Crippen LogP contribution is -1.97. The molecular weight excluding hydrogens is 296 g/mol. The fourth-order valence-corrected chi connectivity index (χ4v) is 3.15. The summed E-state index contributed by atoms with van der Waals surface area (Å²) in [4.78, 5) is 0.305. The number of aromatic hydroxyl groups is 1. The summed E-state index contributed by atoms with van der Waals surface area (Å²) in [6.07, 6.45) is 1.75. The van der Waals surface area contributed by atoms with Crippen molar-refractivity contribution >= 4 is 20.6 Å². The molecule has 0 saturated heterocycles. The second-order valence-electron chi connectivity index (χ2n) is 5.39. The van der Waals surface area contributed by atoms with E-state index < -0.39 is 9.84 Å². The highest BCUT2D eigenvalue weighted by Crippen LogP contribution is 2.30. The minimum atomic E-state index is -3.18. The van der Waals surface area contributed by atoms with Gasteiger partial charge in [0, 0.05) is 18.1 Å². The topological polar surface area (TPSA) is 54.4 Å². The Morgan fingerprint density at radius 2 is 1.59 bits per heavy atom. The van der Waals surface area contributed by atoms with Crippen LogP contribution in [0.3, 0.4) is 0 Å². The molecule has 0 amide bonds. The van der Waals surface area contributed by atoms with Crippen molar-refractivity contribution in [1.29, 1.82) is 0 Å². The Kier molecular flexibility index (Phi) is 3.62. The zero-order chi connectivity index (χ0) is 15.7. The molecule has 0 heterocycles. The predicted octanol–water partition coefficient (Wildman–Crippen LogP) is 3.54. The second-order valence-corrected chi connectivity index (χ2v) is 7.40. The number of phenolic OH excluding ortho intramolecular Hbond substituents is 1. The van der Waals surface area contributed by atoms with Gasteiger partial charge in [0.1, 0.15) is 5.75 Å². The first kappa shape index (κ1) is 14.6. The first-order valence-electron chi connectivity index (χ1n) is 6.94. The number of rotatable bonds is 3. The van der Waals surface area contributed by atoms with E-state index >= 15 is 0 Å². The average molecular weight is 312 g/mol. The van der Waals surface area contributed by atoms with Gasteiger partial charge in [-0.05, 0) is 28.6 Å². The molecule has 0 unspecified atom stereocenters. The van der Waals surface area contributed by atoms with Crippen LogP contribution in [0.15, 0.2) is 65.6 Å². The molecule has 1 N–H and O–H groups in total. The van der Waals surface area contributed by atoms with Gasteiger partial charge in [0.2, 0.25) is 0 Å². The fourth-order valence-electron chi connectivity index (χ4n) is 2.52. The van der Waals surface area contributed by atoms with Gasteiger partial charge in [0.15, 0.2) is 9.84 Å². The van der Waals surface area contributed by atoms with E-state index in [2.05, 4.69) is 0 Å². The number of phenols is 1. The molecule has 0 aromatic heterocycles. The second kappa shape index (κ2) is 5.46. The first-order valence-corrected chi connectivity index (χ1v) is 8.83. The van der Waals surface area contributed by atoms with Gasteiger partial charge in [-0.25, -0.2) is 8.42 Å². The Balaban J connectivity index is 1.95. The Morgan fingerprint density at radius 1 is 0.909 bits per heavy atom. The molecule has 4 heteroatoms. The normalized spacial score (nSPS) is 11.7. The zero-order valence-corrected chi connectivity index (χ0v) is 13.0. The van der Waals surface area contributed by atoms with Crippen molar-refractivity contribution in [2.45, 2.75) is 11.3 Å². The number of hydrogen-bond acceptors (Lipinski definition) is 3. The molecule has 0 fully saturated rings. The Bertz CT molecular complexity index is 926. The molecular formula is C18H16O3S. The molecule has 112 valence electrons. The monoisotopic (exact) mass is 312 g/mol.